The van der Waals surface area contributed by atoms with Gasteiger partial charge in [-0.3, -0.25) is 0 Å². The van der Waals surface area contributed by atoms with Crippen LogP contribution in [-0.4, -0.2) is 13.1 Å². The molecule has 0 aliphatic rings. The van der Waals surface area contributed by atoms with Gasteiger partial charge in [-0.2, -0.15) is 0 Å². The first-order valence-corrected chi connectivity index (χ1v) is 8.48. The quantitative estimate of drug-likeness (QED) is 0.648. The molecule has 0 saturated carbocycles. The summed E-state index contributed by atoms with van der Waals surface area (Å²) in [6.45, 7) is 6.60. The van der Waals surface area contributed by atoms with Gasteiger partial charge in [0.25, 0.3) is 0 Å². The van der Waals surface area contributed by atoms with Gasteiger partial charge in [-0.25, -0.2) is 0 Å². The molecule has 0 saturated heterocycles. The van der Waals surface area contributed by atoms with Crippen molar-refractivity contribution in [1.82, 2.24) is 5.32 Å². The average Bonchev–Trinajstić information content (AvgIpc) is 2.61. The van der Waals surface area contributed by atoms with Crippen LogP contribution in [0.1, 0.15) is 36.8 Å². The highest BCUT2D eigenvalue weighted by atomic mass is 14.9. The fourth-order valence-corrected chi connectivity index (χ4v) is 3.05. The predicted molar refractivity (Wildman–Crippen MR) is 100 cm³/mol. The largest absolute Gasteiger partial charge is 0.316 e. The van der Waals surface area contributed by atoms with Crippen molar-refractivity contribution in [1.29, 1.82) is 0 Å². The van der Waals surface area contributed by atoms with Crippen molar-refractivity contribution in [3.63, 3.8) is 0 Å². The maximum atomic E-state index is 3.63. The minimum atomic E-state index is 0.516. The van der Waals surface area contributed by atoms with E-state index in [-0.39, 0.29) is 0 Å². The van der Waals surface area contributed by atoms with Crippen LogP contribution < -0.4 is 5.32 Å². The van der Waals surface area contributed by atoms with Crippen molar-refractivity contribution in [3.8, 4) is 0 Å². The Bertz CT molecular complexity index is 748. The van der Waals surface area contributed by atoms with E-state index in [2.05, 4.69) is 92.0 Å². The molecule has 3 rings (SSSR count). The van der Waals surface area contributed by atoms with E-state index in [1.807, 2.05) is 0 Å². The minimum Gasteiger partial charge on any atom is -0.316 e. The number of hydrogen-bond acceptors (Lipinski definition) is 1. The summed E-state index contributed by atoms with van der Waals surface area (Å²) >= 11 is 0. The molecule has 3 aromatic rings. The van der Waals surface area contributed by atoms with Gasteiger partial charge in [0.15, 0.2) is 0 Å². The standard InChI is InChI=1S/C22H25N/c1-17(19-8-4-3-5-9-19)15-23-16-18(2)21-13-12-20-10-6-7-11-22(20)14-21/h3-14,17-18,23H,15-16H2,1-2H3. The van der Waals surface area contributed by atoms with Crippen LogP contribution in [0.5, 0.6) is 0 Å². The number of benzene rings is 3. The fraction of sp³-hybridized carbons (Fsp3) is 0.273. The van der Waals surface area contributed by atoms with Crippen molar-refractivity contribution in [2.24, 2.45) is 0 Å². The van der Waals surface area contributed by atoms with E-state index >= 15 is 0 Å². The Morgan fingerprint density at radius 2 is 1.26 bits per heavy atom. The highest BCUT2D eigenvalue weighted by Gasteiger charge is 2.08. The van der Waals surface area contributed by atoms with Crippen molar-refractivity contribution in [2.75, 3.05) is 13.1 Å². The summed E-state index contributed by atoms with van der Waals surface area (Å²) in [6, 6.07) is 26.1. The molecular formula is C22H25N. The van der Waals surface area contributed by atoms with Gasteiger partial charge in [-0.1, -0.05) is 86.6 Å². The molecule has 0 spiro atoms. The van der Waals surface area contributed by atoms with Gasteiger partial charge in [0.2, 0.25) is 0 Å². The topological polar surface area (TPSA) is 12.0 Å². The minimum absolute atomic E-state index is 0.516. The lowest BCUT2D eigenvalue weighted by molar-refractivity contribution is 0.574. The molecule has 2 atom stereocenters. The Labute approximate surface area is 139 Å². The van der Waals surface area contributed by atoms with E-state index in [0.717, 1.165) is 13.1 Å². The Balaban J connectivity index is 1.57. The number of nitrogens with one attached hydrogen (secondary N) is 1. The SMILES string of the molecule is CC(CNCC(C)c1ccc2ccccc2c1)c1ccccc1. The van der Waals surface area contributed by atoms with E-state index in [0.29, 0.717) is 11.8 Å². The van der Waals surface area contributed by atoms with E-state index < -0.39 is 0 Å². The number of fused-ring (bicyclic) bond motifs is 1. The second-order valence-corrected chi connectivity index (χ2v) is 6.48. The van der Waals surface area contributed by atoms with Gasteiger partial charge in [-0.05, 0) is 33.7 Å². The van der Waals surface area contributed by atoms with Crippen LogP contribution >= 0.6 is 0 Å². The van der Waals surface area contributed by atoms with Crippen molar-refractivity contribution >= 4 is 10.8 Å². The molecule has 0 amide bonds. The Hall–Kier alpha value is -2.12. The zero-order valence-electron chi connectivity index (χ0n) is 14.0. The summed E-state index contributed by atoms with van der Waals surface area (Å²) < 4.78 is 0. The smallest absolute Gasteiger partial charge is 0.00177 e. The summed E-state index contributed by atoms with van der Waals surface area (Å²) in [7, 11) is 0. The summed E-state index contributed by atoms with van der Waals surface area (Å²) in [5.74, 6) is 1.06. The van der Waals surface area contributed by atoms with Crippen LogP contribution in [0, 0.1) is 0 Å². The third kappa shape index (κ3) is 4.00. The molecule has 0 bridgehead atoms. The van der Waals surface area contributed by atoms with Crippen LogP contribution in [0.2, 0.25) is 0 Å². The lowest BCUT2D eigenvalue weighted by Gasteiger charge is -2.17. The van der Waals surface area contributed by atoms with Gasteiger partial charge < -0.3 is 5.32 Å². The van der Waals surface area contributed by atoms with Gasteiger partial charge in [0.1, 0.15) is 0 Å². The van der Waals surface area contributed by atoms with Crippen LogP contribution in [0.4, 0.5) is 0 Å². The zero-order chi connectivity index (χ0) is 16.1. The van der Waals surface area contributed by atoms with Gasteiger partial charge in [0.05, 0.1) is 0 Å². The van der Waals surface area contributed by atoms with E-state index in [1.165, 1.54) is 21.9 Å². The molecule has 1 heteroatoms. The molecule has 3 aromatic carbocycles. The molecule has 23 heavy (non-hydrogen) atoms. The molecule has 0 radical (unpaired) electrons. The molecule has 0 heterocycles. The Morgan fingerprint density at radius 1 is 0.652 bits per heavy atom. The Morgan fingerprint density at radius 3 is 2.00 bits per heavy atom. The van der Waals surface area contributed by atoms with Gasteiger partial charge in [-0.15, -0.1) is 0 Å². The third-order valence-electron chi connectivity index (χ3n) is 4.61. The van der Waals surface area contributed by atoms with Gasteiger partial charge >= 0.3 is 0 Å². The summed E-state index contributed by atoms with van der Waals surface area (Å²) in [6.07, 6.45) is 0. The molecule has 2 unspecified atom stereocenters. The van der Waals surface area contributed by atoms with Gasteiger partial charge in [0, 0.05) is 13.1 Å². The lowest BCUT2D eigenvalue weighted by atomic mass is 9.97. The predicted octanol–water partition coefficient (Wildman–Crippen LogP) is 5.34. The summed E-state index contributed by atoms with van der Waals surface area (Å²) in [5.41, 5.74) is 2.81. The summed E-state index contributed by atoms with van der Waals surface area (Å²) in [5, 5.41) is 6.27. The first kappa shape index (κ1) is 15.8. The average molecular weight is 303 g/mol. The normalized spacial score (nSPS) is 13.8. The van der Waals surface area contributed by atoms with Crippen LogP contribution in [-0.2, 0) is 0 Å². The molecule has 1 nitrogen and oxygen atoms in total. The molecule has 118 valence electrons. The maximum absolute atomic E-state index is 3.63. The van der Waals surface area contributed by atoms with Crippen molar-refractivity contribution < 1.29 is 0 Å². The highest BCUT2D eigenvalue weighted by molar-refractivity contribution is 5.83. The van der Waals surface area contributed by atoms with Crippen molar-refractivity contribution in [2.45, 2.75) is 25.7 Å². The number of rotatable bonds is 6. The van der Waals surface area contributed by atoms with Crippen LogP contribution in [0.25, 0.3) is 10.8 Å². The Kier molecular flexibility index (Phi) is 5.09. The molecular weight excluding hydrogens is 278 g/mol. The van der Waals surface area contributed by atoms with Crippen LogP contribution in [0.15, 0.2) is 72.8 Å². The lowest BCUT2D eigenvalue weighted by Crippen LogP contribution is -2.24. The molecule has 1 N–H and O–H groups in total. The molecule has 0 aliphatic carbocycles. The second kappa shape index (κ2) is 7.43. The summed E-state index contributed by atoms with van der Waals surface area (Å²) in [4.78, 5) is 0. The highest BCUT2D eigenvalue weighted by Crippen LogP contribution is 2.21. The fourth-order valence-electron chi connectivity index (χ4n) is 3.05. The first-order chi connectivity index (χ1) is 11.2. The molecule has 0 aromatic heterocycles. The molecule has 0 aliphatic heterocycles. The van der Waals surface area contributed by atoms with E-state index in [1.54, 1.807) is 0 Å². The zero-order valence-corrected chi connectivity index (χ0v) is 14.0. The van der Waals surface area contributed by atoms with Crippen molar-refractivity contribution in [3.05, 3.63) is 83.9 Å². The second-order valence-electron chi connectivity index (χ2n) is 6.48. The number of hydrogen-bond donors (Lipinski definition) is 1. The van der Waals surface area contributed by atoms with E-state index in [9.17, 15) is 0 Å². The maximum Gasteiger partial charge on any atom is 0.00177 e. The third-order valence-corrected chi connectivity index (χ3v) is 4.61. The first-order valence-electron chi connectivity index (χ1n) is 8.48. The van der Waals surface area contributed by atoms with Crippen LogP contribution in [0.3, 0.4) is 0 Å². The van der Waals surface area contributed by atoms with E-state index in [4.69, 9.17) is 0 Å². The molecule has 0 fully saturated rings. The monoisotopic (exact) mass is 303 g/mol.